The number of phenolic OH excluding ortho intramolecular Hbond substituents is 6. The van der Waals surface area contributed by atoms with E-state index in [1.165, 1.54) is 12.2 Å². The van der Waals surface area contributed by atoms with Crippen molar-refractivity contribution in [2.45, 2.75) is 84.8 Å². The first-order chi connectivity index (χ1) is 22.8. The Morgan fingerprint density at radius 2 is 0.898 bits per heavy atom. The van der Waals surface area contributed by atoms with Crippen LogP contribution < -0.4 is 9.47 Å². The number of rotatable bonds is 2. The monoisotopic (exact) mass is 664 g/mol. The molecule has 10 nitrogen and oxygen atoms in total. The highest BCUT2D eigenvalue weighted by Gasteiger charge is 2.48. The molecule has 49 heavy (non-hydrogen) atoms. The van der Waals surface area contributed by atoms with Gasteiger partial charge in [0.05, 0.1) is 21.9 Å². The van der Waals surface area contributed by atoms with Crippen molar-refractivity contribution in [3.05, 3.63) is 56.7 Å². The number of allylic oxidation sites excluding steroid dienone is 4. The van der Waals surface area contributed by atoms with Gasteiger partial charge in [-0.15, -0.1) is 0 Å². The van der Waals surface area contributed by atoms with Crippen molar-refractivity contribution in [2.24, 2.45) is 0 Å². The molecule has 2 unspecified atom stereocenters. The SMILES string of the molecule is CC1=CC(=O)c2c(O)c(Cc3c(O)c4c5c(c6c(c(O)c5c3O)C(C)(C)C(C)O6)C(C)=CC4=O)c(O)c3c(O)c4c(c1c23)OC(C)C4(C)C. The summed E-state index contributed by atoms with van der Waals surface area (Å²) in [4.78, 5) is 27.1. The average Bonchev–Trinajstić information content (AvgIpc) is 3.37. The molecule has 0 radical (unpaired) electrons. The molecule has 0 fully saturated rings. The second-order valence-electron chi connectivity index (χ2n) is 15.0. The maximum atomic E-state index is 13.6. The van der Waals surface area contributed by atoms with Crippen LogP contribution in [-0.2, 0) is 17.3 Å². The third-order valence-corrected chi connectivity index (χ3v) is 11.7. The van der Waals surface area contributed by atoms with Crippen LogP contribution >= 0.6 is 0 Å². The molecule has 0 amide bonds. The first-order valence-corrected chi connectivity index (χ1v) is 16.2. The normalized spacial score (nSPS) is 21.0. The van der Waals surface area contributed by atoms with Crippen molar-refractivity contribution >= 4 is 44.3 Å². The molecule has 4 aromatic rings. The summed E-state index contributed by atoms with van der Waals surface area (Å²) in [6.45, 7) is 14.7. The van der Waals surface area contributed by atoms with Crippen molar-refractivity contribution in [2.75, 3.05) is 0 Å². The summed E-state index contributed by atoms with van der Waals surface area (Å²) in [6, 6.07) is 0. The van der Waals surface area contributed by atoms with E-state index in [0.29, 0.717) is 44.9 Å². The summed E-state index contributed by atoms with van der Waals surface area (Å²) in [5.74, 6) is -3.47. The highest BCUT2D eigenvalue weighted by atomic mass is 16.5. The van der Waals surface area contributed by atoms with Crippen LogP contribution in [0.4, 0.5) is 0 Å². The molecule has 2 aliphatic heterocycles. The Hall–Kier alpha value is -5.38. The molecule has 4 aromatic carbocycles. The van der Waals surface area contributed by atoms with Gasteiger partial charge in [-0.3, -0.25) is 9.59 Å². The van der Waals surface area contributed by atoms with E-state index in [2.05, 4.69) is 0 Å². The minimum atomic E-state index is -0.704. The van der Waals surface area contributed by atoms with Crippen LogP contribution in [-0.4, -0.2) is 54.4 Å². The topological polar surface area (TPSA) is 174 Å². The number of aromatic hydroxyl groups is 6. The lowest BCUT2D eigenvalue weighted by atomic mass is 9.75. The molecule has 0 spiro atoms. The van der Waals surface area contributed by atoms with Gasteiger partial charge in [0, 0.05) is 61.4 Å². The molecule has 6 N–H and O–H groups in total. The molecule has 10 heteroatoms. The number of phenols is 6. The van der Waals surface area contributed by atoms with E-state index in [9.17, 15) is 40.2 Å². The molecule has 4 aliphatic rings. The number of carbonyl (C=O) groups is 2. The van der Waals surface area contributed by atoms with Gasteiger partial charge in [0.15, 0.2) is 11.6 Å². The predicted octanol–water partition coefficient (Wildman–Crippen LogP) is 7.13. The van der Waals surface area contributed by atoms with Gasteiger partial charge in [-0.1, -0.05) is 27.7 Å². The largest absolute Gasteiger partial charge is 0.507 e. The number of hydrogen-bond donors (Lipinski definition) is 6. The Balaban J connectivity index is 1.47. The van der Waals surface area contributed by atoms with E-state index in [-0.39, 0.29) is 67.5 Å². The maximum absolute atomic E-state index is 13.6. The highest BCUT2D eigenvalue weighted by molar-refractivity contribution is 6.28. The van der Waals surface area contributed by atoms with Crippen LogP contribution in [0.3, 0.4) is 0 Å². The summed E-state index contributed by atoms with van der Waals surface area (Å²) in [6.07, 6.45) is 1.36. The molecule has 2 aliphatic carbocycles. The molecule has 2 heterocycles. The van der Waals surface area contributed by atoms with E-state index < -0.39 is 51.8 Å². The first kappa shape index (κ1) is 30.9. The maximum Gasteiger partial charge on any atom is 0.190 e. The molecule has 8 rings (SSSR count). The Bertz CT molecular complexity index is 2240. The fourth-order valence-corrected chi connectivity index (χ4v) is 8.37. The fraction of sp³-hybridized carbons (Fsp3) is 0.333. The zero-order chi connectivity index (χ0) is 35.5. The van der Waals surface area contributed by atoms with Gasteiger partial charge in [-0.05, 0) is 51.0 Å². The third-order valence-electron chi connectivity index (χ3n) is 11.7. The minimum absolute atomic E-state index is 0.0882. The molecule has 2 atom stereocenters. The molecule has 0 saturated heterocycles. The number of fused-ring (bicyclic) bond motifs is 4. The second-order valence-corrected chi connectivity index (χ2v) is 15.0. The minimum Gasteiger partial charge on any atom is -0.507 e. The highest BCUT2D eigenvalue weighted by Crippen LogP contribution is 2.62. The zero-order valence-electron chi connectivity index (χ0n) is 28.3. The molecular weight excluding hydrogens is 628 g/mol. The summed E-state index contributed by atoms with van der Waals surface area (Å²) < 4.78 is 12.4. The zero-order valence-corrected chi connectivity index (χ0v) is 28.3. The summed E-state index contributed by atoms with van der Waals surface area (Å²) in [7, 11) is 0. The van der Waals surface area contributed by atoms with E-state index in [0.717, 1.165) is 0 Å². The summed E-state index contributed by atoms with van der Waals surface area (Å²) in [5, 5.41) is 71.0. The summed E-state index contributed by atoms with van der Waals surface area (Å²) in [5.41, 5.74) is 0.514. The smallest absolute Gasteiger partial charge is 0.190 e. The first-order valence-electron chi connectivity index (χ1n) is 16.2. The molecule has 252 valence electrons. The standard InChI is InChI=1S/C39H36O10/c1-12-9-18(40)22-24-20(12)36-28(38(5,6)14(3)48-36)34(46)26(24)32(44)16(30(22)42)11-17-31(43)23-19(41)10-13(2)21-25(23)27(33(17)45)35(47)29-37(21)49-15(4)39(29,7)8/h9-10,14-15,42-47H,11H2,1-8H3. The number of carbonyl (C=O) groups excluding carboxylic acids is 2. The van der Waals surface area contributed by atoms with E-state index >= 15 is 0 Å². The number of ketones is 2. The molecule has 0 saturated carbocycles. The Morgan fingerprint density at radius 1 is 0.551 bits per heavy atom. The molecular formula is C39H36O10. The van der Waals surface area contributed by atoms with Crippen molar-refractivity contribution in [3.63, 3.8) is 0 Å². The number of benzene rings is 4. The van der Waals surface area contributed by atoms with Gasteiger partial charge in [0.2, 0.25) is 0 Å². The van der Waals surface area contributed by atoms with Gasteiger partial charge in [0.25, 0.3) is 0 Å². The number of hydrogen-bond acceptors (Lipinski definition) is 10. The van der Waals surface area contributed by atoms with Crippen molar-refractivity contribution in [1.82, 2.24) is 0 Å². The average molecular weight is 665 g/mol. The Kier molecular flexibility index (Phi) is 5.80. The predicted molar refractivity (Wildman–Crippen MR) is 183 cm³/mol. The third kappa shape index (κ3) is 3.46. The second kappa shape index (κ2) is 9.19. The number of ether oxygens (including phenoxy) is 2. The Morgan fingerprint density at radius 3 is 1.24 bits per heavy atom. The van der Waals surface area contributed by atoms with Crippen molar-refractivity contribution in [3.8, 4) is 46.0 Å². The van der Waals surface area contributed by atoms with Gasteiger partial charge in [-0.25, -0.2) is 0 Å². The van der Waals surface area contributed by atoms with Crippen LogP contribution in [0.1, 0.15) is 109 Å². The van der Waals surface area contributed by atoms with E-state index in [4.69, 9.17) is 9.47 Å². The van der Waals surface area contributed by atoms with Crippen LogP contribution in [0.15, 0.2) is 12.2 Å². The lowest BCUT2D eigenvalue weighted by Gasteiger charge is -2.27. The van der Waals surface area contributed by atoms with E-state index in [1.54, 1.807) is 13.8 Å². The molecule has 0 bridgehead atoms. The van der Waals surface area contributed by atoms with E-state index in [1.807, 2.05) is 41.5 Å². The molecule has 0 aromatic heterocycles. The fourth-order valence-electron chi connectivity index (χ4n) is 8.37. The quantitative estimate of drug-likeness (QED) is 0.129. The van der Waals surface area contributed by atoms with Gasteiger partial charge >= 0.3 is 0 Å². The van der Waals surface area contributed by atoms with Gasteiger partial charge < -0.3 is 40.1 Å². The van der Waals surface area contributed by atoms with Crippen LogP contribution in [0.25, 0.3) is 32.7 Å². The van der Waals surface area contributed by atoms with Crippen molar-refractivity contribution < 1.29 is 49.7 Å². The lowest BCUT2D eigenvalue weighted by molar-refractivity contribution is 0.103. The van der Waals surface area contributed by atoms with Gasteiger partial charge in [-0.2, -0.15) is 0 Å². The van der Waals surface area contributed by atoms with Gasteiger partial charge in [0.1, 0.15) is 58.2 Å². The Labute approximate surface area is 281 Å². The van der Waals surface area contributed by atoms with Crippen LogP contribution in [0.5, 0.6) is 46.0 Å². The lowest BCUT2D eigenvalue weighted by Crippen LogP contribution is -2.28. The van der Waals surface area contributed by atoms with Crippen LogP contribution in [0, 0.1) is 0 Å². The van der Waals surface area contributed by atoms with Crippen molar-refractivity contribution in [1.29, 1.82) is 0 Å². The van der Waals surface area contributed by atoms with Crippen LogP contribution in [0.2, 0.25) is 0 Å². The summed E-state index contributed by atoms with van der Waals surface area (Å²) >= 11 is 0.